The fourth-order valence-electron chi connectivity index (χ4n) is 2.35. The molecule has 1 amide bonds. The van der Waals surface area contributed by atoms with Gasteiger partial charge in [0.15, 0.2) is 5.78 Å². The Bertz CT molecular complexity index is 449. The summed E-state index contributed by atoms with van der Waals surface area (Å²) in [6, 6.07) is 2.03. The van der Waals surface area contributed by atoms with Gasteiger partial charge in [0.2, 0.25) is 5.91 Å². The fraction of sp³-hybridized carbons (Fsp3) is 0.600. The molecule has 0 aromatic carbocycles. The highest BCUT2D eigenvalue weighted by Crippen LogP contribution is 2.27. The van der Waals surface area contributed by atoms with Crippen molar-refractivity contribution < 1.29 is 9.59 Å². The number of likely N-dealkylation sites (tertiary alicyclic amines) is 1. The molecule has 4 nitrogen and oxygen atoms in total. The molecule has 19 heavy (non-hydrogen) atoms. The first-order valence-corrected chi connectivity index (χ1v) is 6.92. The summed E-state index contributed by atoms with van der Waals surface area (Å²) in [6.45, 7) is 4.92. The second-order valence-corrected chi connectivity index (χ2v) is 5.95. The SMILES string of the molecule is CC1(C)CCN(C(=O)CCCc2cc[nH]c2)CC1=O. The van der Waals surface area contributed by atoms with Crippen molar-refractivity contribution in [3.63, 3.8) is 0 Å². The van der Waals surface area contributed by atoms with Gasteiger partial charge in [0.1, 0.15) is 0 Å². The predicted octanol–water partition coefficient (Wildman–Crippen LogP) is 2.17. The van der Waals surface area contributed by atoms with Crippen molar-refractivity contribution in [2.45, 2.75) is 39.5 Å². The highest BCUT2D eigenvalue weighted by Gasteiger charge is 2.35. The Hall–Kier alpha value is -1.58. The molecule has 0 bridgehead atoms. The number of amides is 1. The second-order valence-electron chi connectivity index (χ2n) is 5.95. The number of hydrogen-bond donors (Lipinski definition) is 1. The molecule has 0 saturated carbocycles. The number of nitrogens with one attached hydrogen (secondary N) is 1. The minimum absolute atomic E-state index is 0.111. The standard InChI is InChI=1S/C15H22N2O2/c1-15(2)7-9-17(11-13(15)18)14(19)5-3-4-12-6-8-16-10-12/h6,8,10,16H,3-5,7,9,11H2,1-2H3. The number of hydrogen-bond acceptors (Lipinski definition) is 2. The van der Waals surface area contributed by atoms with Crippen LogP contribution in [0.15, 0.2) is 18.5 Å². The minimum atomic E-state index is -0.262. The molecule has 1 saturated heterocycles. The molecule has 1 N–H and O–H groups in total. The number of carbonyl (C=O) groups excluding carboxylic acids is 2. The molecule has 0 aliphatic carbocycles. The maximum Gasteiger partial charge on any atom is 0.222 e. The Balaban J connectivity index is 1.76. The van der Waals surface area contributed by atoms with Crippen LogP contribution in [0.2, 0.25) is 0 Å². The number of aryl methyl sites for hydroxylation is 1. The lowest BCUT2D eigenvalue weighted by Gasteiger charge is -2.35. The first-order chi connectivity index (χ1) is 8.99. The summed E-state index contributed by atoms with van der Waals surface area (Å²) in [5.41, 5.74) is 0.964. The van der Waals surface area contributed by atoms with E-state index in [1.54, 1.807) is 4.90 Å². The van der Waals surface area contributed by atoms with Gasteiger partial charge < -0.3 is 9.88 Å². The zero-order valence-electron chi connectivity index (χ0n) is 11.7. The molecule has 1 aromatic heterocycles. The molecule has 1 aliphatic rings. The average Bonchev–Trinajstić information content (AvgIpc) is 2.85. The van der Waals surface area contributed by atoms with Crippen molar-refractivity contribution in [2.24, 2.45) is 5.41 Å². The van der Waals surface area contributed by atoms with E-state index in [-0.39, 0.29) is 23.7 Å². The molecule has 1 aromatic rings. The fourth-order valence-corrected chi connectivity index (χ4v) is 2.35. The van der Waals surface area contributed by atoms with Crippen LogP contribution in [0.25, 0.3) is 0 Å². The summed E-state index contributed by atoms with van der Waals surface area (Å²) < 4.78 is 0. The number of H-pyrrole nitrogens is 1. The van der Waals surface area contributed by atoms with E-state index in [2.05, 4.69) is 4.98 Å². The molecule has 0 unspecified atom stereocenters. The first-order valence-electron chi connectivity index (χ1n) is 6.92. The number of aromatic nitrogens is 1. The molecule has 104 valence electrons. The molecular weight excluding hydrogens is 240 g/mol. The zero-order chi connectivity index (χ0) is 13.9. The summed E-state index contributed by atoms with van der Waals surface area (Å²) in [4.78, 5) is 28.7. The van der Waals surface area contributed by atoms with Crippen molar-refractivity contribution in [3.8, 4) is 0 Å². The number of ketones is 1. The van der Waals surface area contributed by atoms with Crippen molar-refractivity contribution in [3.05, 3.63) is 24.0 Å². The second kappa shape index (κ2) is 5.59. The molecule has 1 fully saturated rings. The highest BCUT2D eigenvalue weighted by molar-refractivity contribution is 5.90. The van der Waals surface area contributed by atoms with E-state index in [4.69, 9.17) is 0 Å². The lowest BCUT2D eigenvalue weighted by atomic mass is 9.81. The average molecular weight is 262 g/mol. The molecular formula is C15H22N2O2. The van der Waals surface area contributed by atoms with Gasteiger partial charge in [-0.25, -0.2) is 0 Å². The summed E-state index contributed by atoms with van der Waals surface area (Å²) >= 11 is 0. The van der Waals surface area contributed by atoms with Gasteiger partial charge in [0.25, 0.3) is 0 Å². The maximum absolute atomic E-state index is 12.0. The van der Waals surface area contributed by atoms with Crippen LogP contribution in [0, 0.1) is 5.41 Å². The van der Waals surface area contributed by atoms with Crippen LogP contribution in [-0.2, 0) is 16.0 Å². The number of piperidine rings is 1. The highest BCUT2D eigenvalue weighted by atomic mass is 16.2. The Morgan fingerprint density at radius 2 is 2.26 bits per heavy atom. The van der Waals surface area contributed by atoms with Crippen molar-refractivity contribution in [1.82, 2.24) is 9.88 Å². The van der Waals surface area contributed by atoms with E-state index in [0.717, 1.165) is 19.3 Å². The van der Waals surface area contributed by atoms with E-state index in [9.17, 15) is 9.59 Å². The van der Waals surface area contributed by atoms with Gasteiger partial charge >= 0.3 is 0 Å². The third kappa shape index (κ3) is 3.46. The van der Waals surface area contributed by atoms with E-state index in [0.29, 0.717) is 13.0 Å². The first kappa shape index (κ1) is 13.8. The third-order valence-corrected chi connectivity index (χ3v) is 3.97. The summed E-state index contributed by atoms with van der Waals surface area (Å²) in [7, 11) is 0. The number of rotatable bonds is 4. The molecule has 0 spiro atoms. The zero-order valence-corrected chi connectivity index (χ0v) is 11.7. The summed E-state index contributed by atoms with van der Waals surface area (Å²) in [5.74, 6) is 0.289. The smallest absolute Gasteiger partial charge is 0.222 e. The Labute approximate surface area is 114 Å². The van der Waals surface area contributed by atoms with Crippen LogP contribution >= 0.6 is 0 Å². The van der Waals surface area contributed by atoms with Gasteiger partial charge in [0, 0.05) is 30.8 Å². The molecule has 0 atom stereocenters. The van der Waals surface area contributed by atoms with Gasteiger partial charge in [-0.2, -0.15) is 0 Å². The lowest BCUT2D eigenvalue weighted by Crippen LogP contribution is -2.47. The number of aromatic amines is 1. The third-order valence-electron chi connectivity index (χ3n) is 3.97. The normalized spacial score (nSPS) is 18.6. The summed E-state index contributed by atoms with van der Waals surface area (Å²) in [6.07, 6.45) is 6.89. The molecule has 0 radical (unpaired) electrons. The molecule has 2 heterocycles. The Kier molecular flexibility index (Phi) is 4.08. The van der Waals surface area contributed by atoms with Crippen LogP contribution in [0.1, 0.15) is 38.7 Å². The predicted molar refractivity (Wildman–Crippen MR) is 73.7 cm³/mol. The monoisotopic (exact) mass is 262 g/mol. The van der Waals surface area contributed by atoms with Crippen LogP contribution < -0.4 is 0 Å². The quantitative estimate of drug-likeness (QED) is 0.904. The number of nitrogens with zero attached hydrogens (tertiary/aromatic N) is 1. The molecule has 2 rings (SSSR count). The lowest BCUT2D eigenvalue weighted by molar-refractivity contribution is -0.142. The van der Waals surface area contributed by atoms with Gasteiger partial charge in [-0.1, -0.05) is 13.8 Å². The Morgan fingerprint density at radius 3 is 2.89 bits per heavy atom. The van der Waals surface area contributed by atoms with E-state index < -0.39 is 0 Å². The minimum Gasteiger partial charge on any atom is -0.367 e. The van der Waals surface area contributed by atoms with Gasteiger partial charge in [-0.05, 0) is 30.9 Å². The van der Waals surface area contributed by atoms with Crippen LogP contribution in [0.5, 0.6) is 0 Å². The topological polar surface area (TPSA) is 53.2 Å². The van der Waals surface area contributed by atoms with E-state index in [1.807, 2.05) is 32.3 Å². The van der Waals surface area contributed by atoms with Crippen molar-refractivity contribution in [2.75, 3.05) is 13.1 Å². The van der Waals surface area contributed by atoms with E-state index >= 15 is 0 Å². The van der Waals surface area contributed by atoms with Crippen LogP contribution in [-0.4, -0.2) is 34.7 Å². The summed E-state index contributed by atoms with van der Waals surface area (Å²) in [5, 5.41) is 0. The van der Waals surface area contributed by atoms with E-state index in [1.165, 1.54) is 5.56 Å². The van der Waals surface area contributed by atoms with Gasteiger partial charge in [0.05, 0.1) is 6.54 Å². The molecule has 4 heteroatoms. The largest absolute Gasteiger partial charge is 0.367 e. The maximum atomic E-state index is 12.0. The Morgan fingerprint density at radius 1 is 1.47 bits per heavy atom. The molecule has 1 aliphatic heterocycles. The number of Topliss-reactive ketones (excluding diaryl/α,β-unsaturated/α-hetero) is 1. The van der Waals surface area contributed by atoms with Crippen molar-refractivity contribution in [1.29, 1.82) is 0 Å². The number of carbonyl (C=O) groups is 2. The van der Waals surface area contributed by atoms with Gasteiger partial charge in [-0.15, -0.1) is 0 Å². The van der Waals surface area contributed by atoms with Gasteiger partial charge in [-0.3, -0.25) is 9.59 Å². The van der Waals surface area contributed by atoms with Crippen molar-refractivity contribution >= 4 is 11.7 Å². The van der Waals surface area contributed by atoms with Crippen LogP contribution in [0.3, 0.4) is 0 Å². The van der Waals surface area contributed by atoms with Crippen LogP contribution in [0.4, 0.5) is 0 Å².